The van der Waals surface area contributed by atoms with E-state index in [1.165, 1.54) is 51.4 Å². The van der Waals surface area contributed by atoms with Gasteiger partial charge in [-0.2, -0.15) is 0 Å². The largest absolute Gasteiger partial charge is 0.466 e. The van der Waals surface area contributed by atoms with Gasteiger partial charge in [0.2, 0.25) is 0 Å². The zero-order valence-electron chi connectivity index (χ0n) is 15.0. The first kappa shape index (κ1) is 20.5. The average Bonchev–Trinajstić information content (AvgIpc) is 2.40. The summed E-state index contributed by atoms with van der Waals surface area (Å²) in [5, 5.41) is 0. The smallest absolute Gasteiger partial charge is 0.305 e. The summed E-state index contributed by atoms with van der Waals surface area (Å²) >= 11 is 0. The second-order valence-corrected chi connectivity index (χ2v) is 7.46. The van der Waals surface area contributed by atoms with Gasteiger partial charge in [-0.05, 0) is 24.7 Å². The number of rotatable bonds is 13. The lowest BCUT2D eigenvalue weighted by atomic mass is 9.89. The van der Waals surface area contributed by atoms with Crippen molar-refractivity contribution >= 4 is 5.97 Å². The van der Waals surface area contributed by atoms with Gasteiger partial charge in [-0.1, -0.05) is 79.1 Å². The molecule has 2 heteroatoms. The molecule has 0 aromatic heterocycles. The number of carbonyl (C=O) groups is 1. The zero-order valence-corrected chi connectivity index (χ0v) is 15.0. The highest BCUT2D eigenvalue weighted by atomic mass is 16.5. The lowest BCUT2D eigenvalue weighted by Gasteiger charge is -2.17. The van der Waals surface area contributed by atoms with E-state index in [9.17, 15) is 4.79 Å². The topological polar surface area (TPSA) is 26.3 Å². The van der Waals surface area contributed by atoms with Crippen LogP contribution in [0.3, 0.4) is 0 Å². The van der Waals surface area contributed by atoms with Crippen molar-refractivity contribution in [2.45, 2.75) is 105 Å². The van der Waals surface area contributed by atoms with Crippen LogP contribution >= 0.6 is 0 Å². The normalized spacial score (nSPS) is 11.6. The predicted molar refractivity (Wildman–Crippen MR) is 91.5 cm³/mol. The van der Waals surface area contributed by atoms with E-state index in [1.807, 2.05) is 0 Å². The fourth-order valence-corrected chi connectivity index (χ4v) is 2.42. The summed E-state index contributed by atoms with van der Waals surface area (Å²) < 4.78 is 5.27. The van der Waals surface area contributed by atoms with Crippen LogP contribution < -0.4 is 0 Å². The molecule has 0 aromatic rings. The molecule has 0 amide bonds. The van der Waals surface area contributed by atoms with Crippen LogP contribution in [0.15, 0.2) is 0 Å². The first-order valence-corrected chi connectivity index (χ1v) is 9.11. The number of hydrogen-bond donors (Lipinski definition) is 0. The molecule has 0 atom stereocenters. The molecular weight excluding hydrogens is 260 g/mol. The minimum atomic E-state index is -0.000712. The molecule has 0 N–H and O–H groups in total. The molecule has 0 bridgehead atoms. The number of ether oxygens (including phenoxy) is 1. The van der Waals surface area contributed by atoms with Gasteiger partial charge in [0.05, 0.1) is 6.61 Å². The van der Waals surface area contributed by atoms with Crippen LogP contribution in [0.1, 0.15) is 105 Å². The summed E-state index contributed by atoms with van der Waals surface area (Å²) in [4.78, 5) is 11.5. The van der Waals surface area contributed by atoms with Gasteiger partial charge in [-0.15, -0.1) is 0 Å². The molecule has 0 fully saturated rings. The second-order valence-electron chi connectivity index (χ2n) is 7.46. The monoisotopic (exact) mass is 298 g/mol. The summed E-state index contributed by atoms with van der Waals surface area (Å²) in [6.45, 7) is 9.72. The zero-order chi connectivity index (χ0) is 16.0. The molecule has 21 heavy (non-hydrogen) atoms. The van der Waals surface area contributed by atoms with Gasteiger partial charge in [0.25, 0.3) is 0 Å². The van der Waals surface area contributed by atoms with Gasteiger partial charge >= 0.3 is 5.97 Å². The predicted octanol–water partition coefficient (Wildman–Crippen LogP) is 6.28. The van der Waals surface area contributed by atoms with Crippen LogP contribution in [-0.4, -0.2) is 12.6 Å². The molecule has 0 heterocycles. The molecular formula is C19H38O2. The first-order valence-electron chi connectivity index (χ1n) is 9.11. The van der Waals surface area contributed by atoms with Crippen molar-refractivity contribution in [2.75, 3.05) is 6.61 Å². The van der Waals surface area contributed by atoms with E-state index >= 15 is 0 Å². The number of unbranched alkanes of at least 4 members (excludes halogenated alkanes) is 8. The highest BCUT2D eigenvalue weighted by molar-refractivity contribution is 5.69. The Hall–Kier alpha value is -0.530. The van der Waals surface area contributed by atoms with Gasteiger partial charge in [-0.3, -0.25) is 4.79 Å². The Morgan fingerprint density at radius 3 is 2.05 bits per heavy atom. The summed E-state index contributed by atoms with van der Waals surface area (Å²) in [5.41, 5.74) is 0.465. The Bertz CT molecular complexity index is 240. The fourth-order valence-electron chi connectivity index (χ4n) is 2.42. The Morgan fingerprint density at radius 1 is 0.810 bits per heavy atom. The minimum absolute atomic E-state index is 0.000712. The third kappa shape index (κ3) is 17.4. The third-order valence-corrected chi connectivity index (χ3v) is 3.82. The van der Waals surface area contributed by atoms with Crippen molar-refractivity contribution in [3.05, 3.63) is 0 Å². The van der Waals surface area contributed by atoms with Crippen LogP contribution in [0, 0.1) is 5.41 Å². The molecule has 0 saturated carbocycles. The van der Waals surface area contributed by atoms with Crippen LogP contribution in [0.4, 0.5) is 0 Å². The van der Waals surface area contributed by atoms with E-state index in [4.69, 9.17) is 4.74 Å². The SMILES string of the molecule is CCCCCCCC(=O)OCCCCCCCC(C)(C)C. The molecule has 0 spiro atoms. The average molecular weight is 299 g/mol. The maximum Gasteiger partial charge on any atom is 0.305 e. The summed E-state index contributed by atoms with van der Waals surface area (Å²) in [5.74, 6) is -0.000712. The second kappa shape index (κ2) is 13.2. The Morgan fingerprint density at radius 2 is 1.38 bits per heavy atom. The number of carbonyl (C=O) groups excluding carboxylic acids is 1. The summed E-state index contributed by atoms with van der Waals surface area (Å²) in [6.07, 6.45) is 14.0. The number of esters is 1. The molecule has 126 valence electrons. The van der Waals surface area contributed by atoms with Crippen molar-refractivity contribution in [3.8, 4) is 0 Å². The maximum atomic E-state index is 11.5. The van der Waals surface area contributed by atoms with Gasteiger partial charge < -0.3 is 4.74 Å². The van der Waals surface area contributed by atoms with E-state index in [-0.39, 0.29) is 5.97 Å². The van der Waals surface area contributed by atoms with Crippen molar-refractivity contribution < 1.29 is 9.53 Å². The van der Waals surface area contributed by atoms with Crippen LogP contribution in [-0.2, 0) is 9.53 Å². The van der Waals surface area contributed by atoms with E-state index in [0.29, 0.717) is 18.4 Å². The highest BCUT2D eigenvalue weighted by Gasteiger charge is 2.08. The standard InChI is InChI=1S/C19H38O2/c1-5-6-7-9-12-15-18(20)21-17-14-11-8-10-13-16-19(2,3)4/h5-17H2,1-4H3. The molecule has 0 aromatic carbocycles. The van der Waals surface area contributed by atoms with Crippen LogP contribution in [0.25, 0.3) is 0 Å². The van der Waals surface area contributed by atoms with E-state index < -0.39 is 0 Å². The Balaban J connectivity index is 3.21. The summed E-state index contributed by atoms with van der Waals surface area (Å²) in [6, 6.07) is 0. The third-order valence-electron chi connectivity index (χ3n) is 3.82. The lowest BCUT2D eigenvalue weighted by molar-refractivity contribution is -0.143. The Kier molecular flexibility index (Phi) is 12.8. The quantitative estimate of drug-likeness (QED) is 0.295. The van der Waals surface area contributed by atoms with E-state index in [1.54, 1.807) is 0 Å². The van der Waals surface area contributed by atoms with Gasteiger partial charge in [0.15, 0.2) is 0 Å². The van der Waals surface area contributed by atoms with E-state index in [2.05, 4.69) is 27.7 Å². The van der Waals surface area contributed by atoms with Crippen molar-refractivity contribution in [2.24, 2.45) is 5.41 Å². The molecule has 2 nitrogen and oxygen atoms in total. The molecule has 0 unspecified atom stereocenters. The molecule has 0 saturated heterocycles. The Labute approximate surface area is 133 Å². The van der Waals surface area contributed by atoms with Gasteiger partial charge in [-0.25, -0.2) is 0 Å². The number of hydrogen-bond acceptors (Lipinski definition) is 2. The van der Waals surface area contributed by atoms with Gasteiger partial charge in [0.1, 0.15) is 0 Å². The molecule has 0 aliphatic carbocycles. The maximum absolute atomic E-state index is 11.5. The van der Waals surface area contributed by atoms with Crippen molar-refractivity contribution in [1.82, 2.24) is 0 Å². The molecule has 0 aliphatic rings. The fraction of sp³-hybridized carbons (Fsp3) is 0.947. The molecule has 0 radical (unpaired) electrons. The molecule has 0 rings (SSSR count). The van der Waals surface area contributed by atoms with Crippen molar-refractivity contribution in [3.63, 3.8) is 0 Å². The first-order chi connectivity index (χ1) is 9.95. The van der Waals surface area contributed by atoms with E-state index in [0.717, 1.165) is 19.3 Å². The lowest BCUT2D eigenvalue weighted by Crippen LogP contribution is -2.06. The minimum Gasteiger partial charge on any atom is -0.466 e. The highest BCUT2D eigenvalue weighted by Crippen LogP contribution is 2.22. The van der Waals surface area contributed by atoms with Gasteiger partial charge in [0, 0.05) is 6.42 Å². The van der Waals surface area contributed by atoms with Crippen LogP contribution in [0.5, 0.6) is 0 Å². The molecule has 0 aliphatic heterocycles. The van der Waals surface area contributed by atoms with Crippen LogP contribution in [0.2, 0.25) is 0 Å². The van der Waals surface area contributed by atoms with Crippen molar-refractivity contribution in [1.29, 1.82) is 0 Å². The summed E-state index contributed by atoms with van der Waals surface area (Å²) in [7, 11) is 0.